The van der Waals surface area contributed by atoms with Crippen LogP contribution >= 0.6 is 0 Å². The summed E-state index contributed by atoms with van der Waals surface area (Å²) in [6.45, 7) is 0. The van der Waals surface area contributed by atoms with Crippen LogP contribution in [-0.4, -0.2) is 15.2 Å². The minimum atomic E-state index is -4.46. The van der Waals surface area contributed by atoms with E-state index in [-0.39, 0.29) is 5.82 Å². The summed E-state index contributed by atoms with van der Waals surface area (Å²) in [5.74, 6) is 0.222. The molecule has 84 valence electrons. The number of nitrogens with one attached hydrogen (secondary N) is 1. The minimum Gasteiger partial charge on any atom is -0.384 e. The summed E-state index contributed by atoms with van der Waals surface area (Å²) in [5.41, 5.74) is 5.31. The van der Waals surface area contributed by atoms with Gasteiger partial charge in [0.1, 0.15) is 11.5 Å². The van der Waals surface area contributed by atoms with Crippen LogP contribution in [0.4, 0.5) is 19.0 Å². The zero-order valence-electron chi connectivity index (χ0n) is 7.92. The molecule has 0 unspecified atom stereocenters. The number of aromatic amines is 1. The van der Waals surface area contributed by atoms with Gasteiger partial charge in [0.15, 0.2) is 0 Å². The molecule has 0 saturated heterocycles. The summed E-state index contributed by atoms with van der Waals surface area (Å²) < 4.78 is 37.2. The SMILES string of the molecule is Nc1[nH]ncc1-c1ccnc(C(F)(F)F)c1. The first-order valence-electron chi connectivity index (χ1n) is 4.31. The zero-order chi connectivity index (χ0) is 11.8. The number of H-pyrrole nitrogens is 1. The molecule has 0 radical (unpaired) electrons. The first-order chi connectivity index (χ1) is 7.48. The third kappa shape index (κ3) is 1.83. The summed E-state index contributed by atoms with van der Waals surface area (Å²) in [6.07, 6.45) is -2.01. The van der Waals surface area contributed by atoms with Crippen molar-refractivity contribution in [1.29, 1.82) is 0 Å². The first kappa shape index (κ1) is 10.5. The molecule has 0 fully saturated rings. The third-order valence-corrected chi connectivity index (χ3v) is 2.03. The quantitative estimate of drug-likeness (QED) is 0.785. The smallest absolute Gasteiger partial charge is 0.384 e. The monoisotopic (exact) mass is 228 g/mol. The Morgan fingerprint density at radius 2 is 2.06 bits per heavy atom. The van der Waals surface area contributed by atoms with Gasteiger partial charge in [-0.2, -0.15) is 18.3 Å². The Morgan fingerprint density at radius 1 is 1.31 bits per heavy atom. The van der Waals surface area contributed by atoms with E-state index >= 15 is 0 Å². The van der Waals surface area contributed by atoms with Crippen molar-refractivity contribution in [2.75, 3.05) is 5.73 Å². The number of pyridine rings is 1. The molecule has 0 bridgehead atoms. The van der Waals surface area contributed by atoms with Gasteiger partial charge >= 0.3 is 6.18 Å². The standard InChI is InChI=1S/C9H7F3N4/c10-9(11,12)7-3-5(1-2-14-7)6-4-15-16-8(6)13/h1-4H,(H3,13,15,16). The Kier molecular flexibility index (Phi) is 2.30. The van der Waals surface area contributed by atoms with Crippen molar-refractivity contribution in [2.24, 2.45) is 0 Å². The van der Waals surface area contributed by atoms with E-state index in [1.165, 1.54) is 12.3 Å². The van der Waals surface area contributed by atoms with E-state index in [0.29, 0.717) is 11.1 Å². The van der Waals surface area contributed by atoms with Crippen LogP contribution in [-0.2, 0) is 6.18 Å². The van der Waals surface area contributed by atoms with Crippen LogP contribution in [0.25, 0.3) is 11.1 Å². The fraction of sp³-hybridized carbons (Fsp3) is 0.111. The number of nitrogens with zero attached hydrogens (tertiary/aromatic N) is 2. The van der Waals surface area contributed by atoms with E-state index in [1.807, 2.05) is 0 Å². The Bertz CT molecular complexity index is 503. The molecule has 0 saturated carbocycles. The molecule has 7 heteroatoms. The van der Waals surface area contributed by atoms with Gasteiger partial charge in [-0.25, -0.2) is 0 Å². The van der Waals surface area contributed by atoms with Crippen LogP contribution in [0.1, 0.15) is 5.69 Å². The Hall–Kier alpha value is -2.05. The van der Waals surface area contributed by atoms with Gasteiger partial charge in [0.25, 0.3) is 0 Å². The fourth-order valence-electron chi connectivity index (χ4n) is 1.28. The summed E-state index contributed by atoms with van der Waals surface area (Å²) in [7, 11) is 0. The van der Waals surface area contributed by atoms with Crippen LogP contribution in [0.5, 0.6) is 0 Å². The van der Waals surface area contributed by atoms with Crippen molar-refractivity contribution in [3.63, 3.8) is 0 Å². The number of halogens is 3. The van der Waals surface area contributed by atoms with Gasteiger partial charge in [-0.1, -0.05) is 0 Å². The number of rotatable bonds is 1. The van der Waals surface area contributed by atoms with Gasteiger partial charge in [-0.05, 0) is 17.7 Å². The van der Waals surface area contributed by atoms with Crippen molar-refractivity contribution in [3.8, 4) is 11.1 Å². The first-order valence-corrected chi connectivity index (χ1v) is 4.31. The molecule has 0 spiro atoms. The number of hydrogen-bond acceptors (Lipinski definition) is 3. The van der Waals surface area contributed by atoms with Gasteiger partial charge in [0.05, 0.1) is 6.20 Å². The van der Waals surface area contributed by atoms with Gasteiger partial charge < -0.3 is 5.73 Å². The van der Waals surface area contributed by atoms with E-state index in [0.717, 1.165) is 12.3 Å². The summed E-state index contributed by atoms with van der Waals surface area (Å²) >= 11 is 0. The van der Waals surface area contributed by atoms with Gasteiger partial charge in [0.2, 0.25) is 0 Å². The van der Waals surface area contributed by atoms with Crippen molar-refractivity contribution in [1.82, 2.24) is 15.2 Å². The number of aromatic nitrogens is 3. The molecule has 0 amide bonds. The average molecular weight is 228 g/mol. The molecule has 0 aromatic carbocycles. The Labute approximate surface area is 88.3 Å². The lowest BCUT2D eigenvalue weighted by Gasteiger charge is -2.06. The highest BCUT2D eigenvalue weighted by Gasteiger charge is 2.32. The van der Waals surface area contributed by atoms with Crippen molar-refractivity contribution < 1.29 is 13.2 Å². The second kappa shape index (κ2) is 3.51. The van der Waals surface area contributed by atoms with Gasteiger partial charge in [-0.3, -0.25) is 10.1 Å². The maximum Gasteiger partial charge on any atom is 0.433 e. The third-order valence-electron chi connectivity index (χ3n) is 2.03. The molecular weight excluding hydrogens is 221 g/mol. The predicted molar refractivity (Wildman–Crippen MR) is 51.2 cm³/mol. The molecule has 2 aromatic heterocycles. The normalized spacial score (nSPS) is 11.7. The Morgan fingerprint density at radius 3 is 2.62 bits per heavy atom. The van der Waals surface area contributed by atoms with Crippen LogP contribution < -0.4 is 5.73 Å². The fourth-order valence-corrected chi connectivity index (χ4v) is 1.28. The van der Waals surface area contributed by atoms with E-state index in [4.69, 9.17) is 5.73 Å². The minimum absolute atomic E-state index is 0.222. The maximum atomic E-state index is 12.4. The van der Waals surface area contributed by atoms with E-state index in [2.05, 4.69) is 15.2 Å². The lowest BCUT2D eigenvalue weighted by molar-refractivity contribution is -0.141. The van der Waals surface area contributed by atoms with Gasteiger partial charge in [0, 0.05) is 11.8 Å². The highest BCUT2D eigenvalue weighted by Crippen LogP contribution is 2.31. The molecule has 0 aliphatic rings. The van der Waals surface area contributed by atoms with E-state index < -0.39 is 11.9 Å². The molecule has 0 aliphatic heterocycles. The maximum absolute atomic E-state index is 12.4. The van der Waals surface area contributed by atoms with Crippen molar-refractivity contribution >= 4 is 5.82 Å². The number of anilines is 1. The molecule has 2 heterocycles. The summed E-state index contributed by atoms with van der Waals surface area (Å²) in [4.78, 5) is 3.25. The van der Waals surface area contributed by atoms with Gasteiger partial charge in [-0.15, -0.1) is 0 Å². The topological polar surface area (TPSA) is 67.6 Å². The molecular formula is C9H7F3N4. The number of nitrogen functional groups attached to an aromatic ring is 1. The zero-order valence-corrected chi connectivity index (χ0v) is 7.92. The van der Waals surface area contributed by atoms with Crippen LogP contribution in [0.3, 0.4) is 0 Å². The lowest BCUT2D eigenvalue weighted by Crippen LogP contribution is -2.07. The van der Waals surface area contributed by atoms with Crippen LogP contribution in [0, 0.1) is 0 Å². The second-order valence-electron chi connectivity index (χ2n) is 3.12. The Balaban J connectivity index is 2.49. The highest BCUT2D eigenvalue weighted by atomic mass is 19.4. The molecule has 16 heavy (non-hydrogen) atoms. The van der Waals surface area contributed by atoms with Crippen LogP contribution in [0.15, 0.2) is 24.5 Å². The average Bonchev–Trinajstić information content (AvgIpc) is 2.63. The summed E-state index contributed by atoms with van der Waals surface area (Å²) in [5, 5.41) is 6.09. The predicted octanol–water partition coefficient (Wildman–Crippen LogP) is 2.07. The number of hydrogen-bond donors (Lipinski definition) is 2. The number of alkyl halides is 3. The van der Waals surface area contributed by atoms with Crippen LogP contribution in [0.2, 0.25) is 0 Å². The highest BCUT2D eigenvalue weighted by molar-refractivity contribution is 5.72. The molecule has 3 N–H and O–H groups in total. The number of nitrogens with two attached hydrogens (primary N) is 1. The molecule has 4 nitrogen and oxygen atoms in total. The van der Waals surface area contributed by atoms with E-state index in [9.17, 15) is 13.2 Å². The molecule has 0 atom stereocenters. The molecule has 2 rings (SSSR count). The summed E-state index contributed by atoms with van der Waals surface area (Å²) in [6, 6.07) is 2.37. The second-order valence-corrected chi connectivity index (χ2v) is 3.12. The lowest BCUT2D eigenvalue weighted by atomic mass is 10.1. The van der Waals surface area contributed by atoms with Crippen molar-refractivity contribution in [3.05, 3.63) is 30.2 Å². The van der Waals surface area contributed by atoms with E-state index in [1.54, 1.807) is 0 Å². The molecule has 0 aliphatic carbocycles. The largest absolute Gasteiger partial charge is 0.433 e. The molecule has 2 aromatic rings. The van der Waals surface area contributed by atoms with Crippen molar-refractivity contribution in [2.45, 2.75) is 6.18 Å².